The second-order valence-corrected chi connectivity index (χ2v) is 6.69. The number of aliphatic hydroxyl groups is 1. The maximum Gasteiger partial charge on any atom is 0.335 e. The van der Waals surface area contributed by atoms with Crippen LogP contribution in [0.25, 0.3) is 5.69 Å². The van der Waals surface area contributed by atoms with Crippen molar-refractivity contribution in [3.8, 4) is 5.69 Å². The summed E-state index contributed by atoms with van der Waals surface area (Å²) < 4.78 is 2.71. The maximum absolute atomic E-state index is 12.5. The second-order valence-electron chi connectivity index (χ2n) is 5.77. The van der Waals surface area contributed by atoms with Crippen molar-refractivity contribution in [1.82, 2.24) is 14.5 Å². The number of nitrogens with zero attached hydrogens (tertiary/aromatic N) is 3. The van der Waals surface area contributed by atoms with Gasteiger partial charge in [-0.1, -0.05) is 15.9 Å². The lowest BCUT2D eigenvalue weighted by Gasteiger charge is -2.34. The number of benzene rings is 1. The van der Waals surface area contributed by atoms with Crippen LogP contribution < -0.4 is 0 Å². The number of likely N-dealkylation sites (tertiary alicyclic amines) is 1. The molecule has 7 nitrogen and oxygen atoms in total. The van der Waals surface area contributed by atoms with Gasteiger partial charge in [0.15, 0.2) is 5.60 Å². The topological polar surface area (TPSA) is 95.7 Å². The molecular weight excluding hydrogens is 378 g/mol. The number of rotatable bonds is 3. The number of carboxylic acids is 1. The van der Waals surface area contributed by atoms with E-state index < -0.39 is 11.6 Å². The van der Waals surface area contributed by atoms with Gasteiger partial charge in [0, 0.05) is 42.3 Å². The largest absolute Gasteiger partial charge is 0.479 e. The van der Waals surface area contributed by atoms with Crippen LogP contribution in [-0.4, -0.2) is 55.2 Å². The number of aliphatic carboxylic acids is 1. The molecule has 2 N–H and O–H groups in total. The standard InChI is InChI=1S/C16H16BrN3O4/c17-11-1-3-12(4-2-11)20-9-13(18-10-20)14(21)19-7-5-16(24,6-8-19)15(22)23/h1-4,9-10,24H,5-8H2,(H,22,23). The number of aromatic nitrogens is 2. The first-order valence-electron chi connectivity index (χ1n) is 7.44. The number of carboxylic acid groups (broad SMARTS) is 1. The minimum absolute atomic E-state index is 0.0154. The van der Waals surface area contributed by atoms with Crippen molar-refractivity contribution in [3.05, 3.63) is 47.0 Å². The number of imidazole rings is 1. The van der Waals surface area contributed by atoms with E-state index >= 15 is 0 Å². The van der Waals surface area contributed by atoms with Gasteiger partial charge in [0.1, 0.15) is 12.0 Å². The third-order valence-electron chi connectivity index (χ3n) is 4.20. The lowest BCUT2D eigenvalue weighted by atomic mass is 9.91. The molecule has 0 atom stereocenters. The van der Waals surface area contributed by atoms with Crippen molar-refractivity contribution in [2.45, 2.75) is 18.4 Å². The monoisotopic (exact) mass is 393 g/mol. The van der Waals surface area contributed by atoms with Gasteiger partial charge in [-0.25, -0.2) is 9.78 Å². The summed E-state index contributed by atoms with van der Waals surface area (Å²) >= 11 is 3.37. The highest BCUT2D eigenvalue weighted by Crippen LogP contribution is 2.23. The Balaban J connectivity index is 1.71. The first-order valence-corrected chi connectivity index (χ1v) is 8.23. The highest BCUT2D eigenvalue weighted by molar-refractivity contribution is 9.10. The van der Waals surface area contributed by atoms with Gasteiger partial charge in [-0.05, 0) is 24.3 Å². The zero-order valence-corrected chi connectivity index (χ0v) is 14.3. The summed E-state index contributed by atoms with van der Waals surface area (Å²) in [4.78, 5) is 29.2. The lowest BCUT2D eigenvalue weighted by Crippen LogP contribution is -2.50. The number of amides is 1. The molecular formula is C16H16BrN3O4. The summed E-state index contributed by atoms with van der Waals surface area (Å²) in [5.74, 6) is -1.51. The molecule has 8 heteroatoms. The summed E-state index contributed by atoms with van der Waals surface area (Å²) in [6, 6.07) is 7.59. The van der Waals surface area contributed by atoms with Gasteiger partial charge in [0.05, 0.1) is 0 Å². The molecule has 2 aromatic rings. The Hall–Kier alpha value is -2.19. The van der Waals surface area contributed by atoms with E-state index in [-0.39, 0.29) is 31.8 Å². The van der Waals surface area contributed by atoms with Crippen LogP contribution in [0.2, 0.25) is 0 Å². The molecule has 3 rings (SSSR count). The molecule has 0 unspecified atom stereocenters. The molecule has 0 radical (unpaired) electrons. The number of hydrogen-bond acceptors (Lipinski definition) is 4. The Morgan fingerprint density at radius 2 is 1.79 bits per heavy atom. The Kier molecular flexibility index (Phi) is 4.42. The van der Waals surface area contributed by atoms with Gasteiger partial charge in [-0.2, -0.15) is 0 Å². The van der Waals surface area contributed by atoms with Gasteiger partial charge in [-0.15, -0.1) is 0 Å². The molecule has 24 heavy (non-hydrogen) atoms. The fourth-order valence-electron chi connectivity index (χ4n) is 2.64. The molecule has 0 aliphatic carbocycles. The van der Waals surface area contributed by atoms with E-state index in [1.165, 1.54) is 4.90 Å². The average molecular weight is 394 g/mol. The predicted molar refractivity (Wildman–Crippen MR) is 89.0 cm³/mol. The van der Waals surface area contributed by atoms with E-state index in [9.17, 15) is 14.7 Å². The van der Waals surface area contributed by atoms with Crippen molar-refractivity contribution >= 4 is 27.8 Å². The second kappa shape index (κ2) is 6.37. The van der Waals surface area contributed by atoms with Crippen LogP contribution in [0.1, 0.15) is 23.3 Å². The van der Waals surface area contributed by atoms with Crippen molar-refractivity contribution in [2.75, 3.05) is 13.1 Å². The van der Waals surface area contributed by atoms with Crippen molar-refractivity contribution in [1.29, 1.82) is 0 Å². The number of hydrogen-bond donors (Lipinski definition) is 2. The summed E-state index contributed by atoms with van der Waals surface area (Å²) in [5.41, 5.74) is -0.574. The molecule has 0 spiro atoms. The Bertz CT molecular complexity index is 764. The van der Waals surface area contributed by atoms with E-state index in [0.29, 0.717) is 5.69 Å². The number of carbonyl (C=O) groups is 2. The average Bonchev–Trinajstić information content (AvgIpc) is 3.05. The molecule has 1 amide bonds. The molecule has 0 saturated carbocycles. The van der Waals surface area contributed by atoms with Crippen LogP contribution in [0.5, 0.6) is 0 Å². The van der Waals surface area contributed by atoms with Crippen LogP contribution in [0, 0.1) is 0 Å². The Labute approximate surface area is 146 Å². The van der Waals surface area contributed by atoms with Crippen LogP contribution in [0.3, 0.4) is 0 Å². The van der Waals surface area contributed by atoms with Crippen LogP contribution in [-0.2, 0) is 4.79 Å². The fourth-order valence-corrected chi connectivity index (χ4v) is 2.91. The minimum Gasteiger partial charge on any atom is -0.479 e. The van der Waals surface area contributed by atoms with Gasteiger partial charge >= 0.3 is 5.97 Å². The predicted octanol–water partition coefficient (Wildman–Crippen LogP) is 1.69. The van der Waals surface area contributed by atoms with Gasteiger partial charge in [-0.3, -0.25) is 4.79 Å². The molecule has 0 bridgehead atoms. The first kappa shape index (κ1) is 16.7. The Morgan fingerprint density at radius 1 is 1.17 bits per heavy atom. The van der Waals surface area contributed by atoms with Crippen molar-refractivity contribution < 1.29 is 19.8 Å². The quantitative estimate of drug-likeness (QED) is 0.826. The first-order chi connectivity index (χ1) is 11.4. The van der Waals surface area contributed by atoms with E-state index in [0.717, 1.165) is 10.2 Å². The molecule has 1 aliphatic heterocycles. The van der Waals surface area contributed by atoms with Crippen molar-refractivity contribution in [3.63, 3.8) is 0 Å². The fraction of sp³-hybridized carbons (Fsp3) is 0.312. The Morgan fingerprint density at radius 3 is 2.38 bits per heavy atom. The normalized spacial score (nSPS) is 16.8. The molecule has 1 aliphatic rings. The SMILES string of the molecule is O=C(c1cn(-c2ccc(Br)cc2)cn1)N1CCC(O)(C(=O)O)CC1. The highest BCUT2D eigenvalue weighted by atomic mass is 79.9. The summed E-state index contributed by atoms with van der Waals surface area (Å²) in [7, 11) is 0. The van der Waals surface area contributed by atoms with Gasteiger partial charge < -0.3 is 19.7 Å². The molecule has 2 heterocycles. The third-order valence-corrected chi connectivity index (χ3v) is 4.73. The van der Waals surface area contributed by atoms with Crippen molar-refractivity contribution in [2.24, 2.45) is 0 Å². The van der Waals surface area contributed by atoms with Gasteiger partial charge in [0.2, 0.25) is 0 Å². The molecule has 126 valence electrons. The summed E-state index contributed by atoms with van der Waals surface area (Å²) in [6.07, 6.45) is 3.24. The molecule has 1 saturated heterocycles. The lowest BCUT2D eigenvalue weighted by molar-refractivity contribution is -0.162. The molecule has 1 fully saturated rings. The number of carbonyl (C=O) groups excluding carboxylic acids is 1. The third kappa shape index (κ3) is 3.20. The zero-order valence-electron chi connectivity index (χ0n) is 12.7. The zero-order chi connectivity index (χ0) is 17.3. The smallest absolute Gasteiger partial charge is 0.335 e. The molecule has 1 aromatic heterocycles. The van der Waals surface area contributed by atoms with E-state index in [2.05, 4.69) is 20.9 Å². The van der Waals surface area contributed by atoms with E-state index in [1.54, 1.807) is 17.1 Å². The van der Waals surface area contributed by atoms with E-state index in [1.807, 2.05) is 24.3 Å². The van der Waals surface area contributed by atoms with Crippen LogP contribution in [0.15, 0.2) is 41.3 Å². The van der Waals surface area contributed by atoms with E-state index in [4.69, 9.17) is 5.11 Å². The molecule has 1 aromatic carbocycles. The highest BCUT2D eigenvalue weighted by Gasteiger charge is 2.40. The summed E-state index contributed by atoms with van der Waals surface area (Å²) in [6.45, 7) is 0.375. The number of piperidine rings is 1. The van der Waals surface area contributed by atoms with Crippen LogP contribution in [0.4, 0.5) is 0 Å². The minimum atomic E-state index is -1.74. The van der Waals surface area contributed by atoms with Gasteiger partial charge in [0.25, 0.3) is 5.91 Å². The number of halogens is 1. The van der Waals surface area contributed by atoms with Crippen LogP contribution >= 0.6 is 15.9 Å². The maximum atomic E-state index is 12.5. The summed E-state index contributed by atoms with van der Waals surface area (Å²) in [5, 5.41) is 18.9.